The Hall–Kier alpha value is -2.11. The standard InChI is InChI=1S/C51H94O6/c1-4-7-10-13-16-19-22-24-25-27-30-32-35-38-41-44-50(53)56-47-48(57-51(54)45-42-39-36-33-28-21-18-15-12-9-6-3)46-55-49(52)43-40-37-34-31-29-26-23-20-17-14-11-8-5-2/h16,19,24-25,48H,4-15,17-18,20-23,26-47H2,1-3H3/t48-/m1/s1. The van der Waals surface area contributed by atoms with E-state index >= 15 is 0 Å². The maximum atomic E-state index is 12.7. The molecule has 6 nitrogen and oxygen atoms in total. The number of ether oxygens (including phenoxy) is 3. The molecule has 0 N–H and O–H groups in total. The molecule has 0 aliphatic heterocycles. The Morgan fingerprint density at radius 2 is 0.632 bits per heavy atom. The third-order valence-corrected chi connectivity index (χ3v) is 11.0. The largest absolute Gasteiger partial charge is 0.462 e. The van der Waals surface area contributed by atoms with Gasteiger partial charge in [-0.05, 0) is 51.4 Å². The van der Waals surface area contributed by atoms with Crippen LogP contribution in [0.4, 0.5) is 0 Å². The molecule has 0 heterocycles. The topological polar surface area (TPSA) is 78.9 Å². The fourth-order valence-corrected chi connectivity index (χ4v) is 7.18. The molecule has 0 aliphatic carbocycles. The highest BCUT2D eigenvalue weighted by Crippen LogP contribution is 2.15. The average Bonchev–Trinajstić information content (AvgIpc) is 3.21. The van der Waals surface area contributed by atoms with Crippen LogP contribution < -0.4 is 0 Å². The lowest BCUT2D eigenvalue weighted by molar-refractivity contribution is -0.167. The molecule has 0 aromatic carbocycles. The number of unbranched alkanes of at least 4 members (excludes halogenated alkanes) is 30. The lowest BCUT2D eigenvalue weighted by atomic mass is 10.0. The van der Waals surface area contributed by atoms with Gasteiger partial charge >= 0.3 is 17.9 Å². The van der Waals surface area contributed by atoms with Crippen LogP contribution in [0.15, 0.2) is 24.3 Å². The molecular formula is C51H94O6. The molecule has 334 valence electrons. The van der Waals surface area contributed by atoms with Crippen molar-refractivity contribution in [1.29, 1.82) is 0 Å². The summed E-state index contributed by atoms with van der Waals surface area (Å²) in [6.45, 7) is 6.61. The highest BCUT2D eigenvalue weighted by molar-refractivity contribution is 5.71. The SMILES string of the molecule is CCCCCC=CCC=CCCCCCCCC(=O)OC[C@@H](COC(=O)CCCCCCCCCCCCCCC)OC(=O)CCCCCCCCCCCCC. The van der Waals surface area contributed by atoms with Crippen molar-refractivity contribution < 1.29 is 28.6 Å². The van der Waals surface area contributed by atoms with Crippen molar-refractivity contribution in [3.05, 3.63) is 24.3 Å². The molecule has 0 unspecified atom stereocenters. The predicted molar refractivity (Wildman–Crippen MR) is 243 cm³/mol. The summed E-state index contributed by atoms with van der Waals surface area (Å²) in [5.41, 5.74) is 0. The Morgan fingerprint density at radius 1 is 0.351 bits per heavy atom. The minimum absolute atomic E-state index is 0.0712. The van der Waals surface area contributed by atoms with Gasteiger partial charge in [-0.1, -0.05) is 218 Å². The molecule has 57 heavy (non-hydrogen) atoms. The molecule has 0 aliphatic rings. The number of allylic oxidation sites excluding steroid dienone is 4. The summed E-state index contributed by atoms with van der Waals surface area (Å²) in [4.78, 5) is 37.8. The van der Waals surface area contributed by atoms with Crippen LogP contribution in [0.2, 0.25) is 0 Å². The van der Waals surface area contributed by atoms with Gasteiger partial charge in [0.2, 0.25) is 0 Å². The van der Waals surface area contributed by atoms with Crippen LogP contribution in [-0.4, -0.2) is 37.2 Å². The molecule has 6 heteroatoms. The summed E-state index contributed by atoms with van der Waals surface area (Å²) < 4.78 is 16.8. The van der Waals surface area contributed by atoms with Gasteiger partial charge in [-0.25, -0.2) is 0 Å². The average molecular weight is 803 g/mol. The summed E-state index contributed by atoms with van der Waals surface area (Å²) in [6.07, 6.45) is 51.5. The van der Waals surface area contributed by atoms with E-state index in [1.807, 2.05) is 0 Å². The molecule has 0 saturated heterocycles. The molecule has 0 bridgehead atoms. The van der Waals surface area contributed by atoms with Crippen molar-refractivity contribution in [2.45, 2.75) is 271 Å². The van der Waals surface area contributed by atoms with Gasteiger partial charge in [-0.2, -0.15) is 0 Å². The zero-order valence-corrected chi connectivity index (χ0v) is 38.1. The van der Waals surface area contributed by atoms with Gasteiger partial charge in [0.05, 0.1) is 0 Å². The van der Waals surface area contributed by atoms with Crippen LogP contribution in [0.1, 0.15) is 265 Å². The summed E-state index contributed by atoms with van der Waals surface area (Å²) in [6, 6.07) is 0. The highest BCUT2D eigenvalue weighted by Gasteiger charge is 2.19. The predicted octanol–water partition coefficient (Wildman–Crippen LogP) is 16.0. The van der Waals surface area contributed by atoms with Crippen molar-refractivity contribution >= 4 is 17.9 Å². The van der Waals surface area contributed by atoms with Crippen LogP contribution in [0, 0.1) is 0 Å². The number of rotatable bonds is 45. The second-order valence-corrected chi connectivity index (χ2v) is 16.7. The van der Waals surface area contributed by atoms with E-state index in [1.54, 1.807) is 0 Å². The number of carbonyl (C=O) groups excluding carboxylic acids is 3. The maximum Gasteiger partial charge on any atom is 0.306 e. The smallest absolute Gasteiger partial charge is 0.306 e. The van der Waals surface area contributed by atoms with E-state index < -0.39 is 6.10 Å². The number of carbonyl (C=O) groups is 3. The van der Waals surface area contributed by atoms with Gasteiger partial charge in [0.15, 0.2) is 6.10 Å². The van der Waals surface area contributed by atoms with Crippen LogP contribution in [0.3, 0.4) is 0 Å². The van der Waals surface area contributed by atoms with Crippen LogP contribution in [0.5, 0.6) is 0 Å². The Bertz CT molecular complexity index is 927. The van der Waals surface area contributed by atoms with Crippen LogP contribution in [-0.2, 0) is 28.6 Å². The van der Waals surface area contributed by atoms with Crippen molar-refractivity contribution in [2.75, 3.05) is 13.2 Å². The van der Waals surface area contributed by atoms with Crippen molar-refractivity contribution in [2.24, 2.45) is 0 Å². The van der Waals surface area contributed by atoms with E-state index in [0.29, 0.717) is 19.3 Å². The number of esters is 3. The molecule has 0 fully saturated rings. The van der Waals surface area contributed by atoms with E-state index in [9.17, 15) is 14.4 Å². The van der Waals surface area contributed by atoms with Crippen molar-refractivity contribution in [1.82, 2.24) is 0 Å². The fourth-order valence-electron chi connectivity index (χ4n) is 7.18. The van der Waals surface area contributed by atoms with Gasteiger partial charge in [-0.15, -0.1) is 0 Å². The minimum Gasteiger partial charge on any atom is -0.462 e. The molecule has 0 rings (SSSR count). The lowest BCUT2D eigenvalue weighted by Gasteiger charge is -2.18. The molecule has 0 aromatic heterocycles. The monoisotopic (exact) mass is 803 g/mol. The fraction of sp³-hybridized carbons (Fsp3) is 0.863. The first-order chi connectivity index (χ1) is 28.0. The van der Waals surface area contributed by atoms with Crippen LogP contribution in [0.25, 0.3) is 0 Å². The quantitative estimate of drug-likeness (QED) is 0.0264. The highest BCUT2D eigenvalue weighted by atomic mass is 16.6. The molecule has 0 aromatic rings. The van der Waals surface area contributed by atoms with Crippen LogP contribution >= 0.6 is 0 Å². The van der Waals surface area contributed by atoms with E-state index in [1.165, 1.54) is 148 Å². The van der Waals surface area contributed by atoms with E-state index in [2.05, 4.69) is 45.1 Å². The minimum atomic E-state index is -0.769. The third-order valence-electron chi connectivity index (χ3n) is 11.0. The number of hydrogen-bond acceptors (Lipinski definition) is 6. The maximum absolute atomic E-state index is 12.7. The van der Waals surface area contributed by atoms with E-state index in [4.69, 9.17) is 14.2 Å². The second kappa shape index (κ2) is 46.6. The van der Waals surface area contributed by atoms with Gasteiger partial charge in [0.25, 0.3) is 0 Å². The normalized spacial score (nSPS) is 12.1. The lowest BCUT2D eigenvalue weighted by Crippen LogP contribution is -2.30. The summed E-state index contributed by atoms with van der Waals surface area (Å²) in [5, 5.41) is 0. The number of hydrogen-bond donors (Lipinski definition) is 0. The summed E-state index contributed by atoms with van der Waals surface area (Å²) in [7, 11) is 0. The van der Waals surface area contributed by atoms with Gasteiger partial charge in [0, 0.05) is 19.3 Å². The van der Waals surface area contributed by atoms with Crippen molar-refractivity contribution in [3.63, 3.8) is 0 Å². The Morgan fingerprint density at radius 3 is 1.00 bits per heavy atom. The first-order valence-corrected chi connectivity index (χ1v) is 24.8. The Labute approximate surface area is 353 Å². The van der Waals surface area contributed by atoms with Gasteiger partial charge in [0.1, 0.15) is 13.2 Å². The van der Waals surface area contributed by atoms with Gasteiger partial charge < -0.3 is 14.2 Å². The van der Waals surface area contributed by atoms with E-state index in [-0.39, 0.29) is 31.1 Å². The zero-order chi connectivity index (χ0) is 41.5. The Balaban J connectivity index is 4.35. The summed E-state index contributed by atoms with van der Waals surface area (Å²) >= 11 is 0. The molecule has 0 radical (unpaired) electrons. The third kappa shape index (κ3) is 44.8. The molecule has 1 atom stereocenters. The molecule has 0 spiro atoms. The van der Waals surface area contributed by atoms with Gasteiger partial charge in [-0.3, -0.25) is 14.4 Å². The second-order valence-electron chi connectivity index (χ2n) is 16.7. The van der Waals surface area contributed by atoms with Crippen molar-refractivity contribution in [3.8, 4) is 0 Å². The summed E-state index contributed by atoms with van der Waals surface area (Å²) in [5.74, 6) is -0.875. The molecular weight excluding hydrogens is 709 g/mol. The molecule has 0 amide bonds. The first-order valence-electron chi connectivity index (χ1n) is 24.8. The Kier molecular flexibility index (Phi) is 44.9. The molecule has 0 saturated carbocycles. The van der Waals surface area contributed by atoms with E-state index in [0.717, 1.165) is 77.0 Å². The first kappa shape index (κ1) is 54.9. The zero-order valence-electron chi connectivity index (χ0n) is 38.1.